The van der Waals surface area contributed by atoms with Crippen LogP contribution in [0, 0.1) is 5.92 Å². The van der Waals surface area contributed by atoms with Gasteiger partial charge in [-0.3, -0.25) is 4.79 Å². The first-order chi connectivity index (χ1) is 8.99. The minimum Gasteiger partial charge on any atom is -0.398 e. The number of rotatable bonds is 2. The first kappa shape index (κ1) is 14.4. The summed E-state index contributed by atoms with van der Waals surface area (Å²) in [5.74, 6) is 0.821. The van der Waals surface area contributed by atoms with Crippen molar-refractivity contribution in [2.45, 2.75) is 38.6 Å². The lowest BCUT2D eigenvalue weighted by molar-refractivity contribution is 0.0680. The minimum absolute atomic E-state index is 0.0320. The molecule has 0 radical (unpaired) electrons. The maximum atomic E-state index is 12.5. The zero-order valence-corrected chi connectivity index (χ0v) is 13.1. The molecule has 1 fully saturated rings. The van der Waals surface area contributed by atoms with Crippen LogP contribution in [0.3, 0.4) is 0 Å². The highest BCUT2D eigenvalue weighted by Crippen LogP contribution is 2.28. The molecular formula is C15H21BrN2O. The van der Waals surface area contributed by atoms with E-state index in [9.17, 15) is 4.79 Å². The van der Waals surface area contributed by atoms with Crippen LogP contribution in [-0.2, 0) is 0 Å². The molecule has 19 heavy (non-hydrogen) atoms. The third-order valence-corrected chi connectivity index (χ3v) is 4.59. The first-order valence-corrected chi connectivity index (χ1v) is 7.60. The highest BCUT2D eigenvalue weighted by atomic mass is 79.9. The lowest BCUT2D eigenvalue weighted by Gasteiger charge is -2.33. The number of halogens is 1. The Kier molecular flexibility index (Phi) is 4.50. The van der Waals surface area contributed by atoms with E-state index in [0.717, 1.165) is 23.2 Å². The Balaban J connectivity index is 2.10. The van der Waals surface area contributed by atoms with Crippen LogP contribution >= 0.6 is 15.9 Å². The molecular weight excluding hydrogens is 304 g/mol. The zero-order valence-electron chi connectivity index (χ0n) is 11.5. The second kappa shape index (κ2) is 5.95. The topological polar surface area (TPSA) is 46.3 Å². The third kappa shape index (κ3) is 3.30. The molecule has 0 spiro atoms. The van der Waals surface area contributed by atoms with Gasteiger partial charge in [-0.1, -0.05) is 22.9 Å². The van der Waals surface area contributed by atoms with E-state index >= 15 is 0 Å². The normalized spacial score (nSPS) is 23.1. The number of hydrogen-bond donors (Lipinski definition) is 1. The molecule has 104 valence electrons. The van der Waals surface area contributed by atoms with Gasteiger partial charge < -0.3 is 10.6 Å². The van der Waals surface area contributed by atoms with Crippen molar-refractivity contribution < 1.29 is 4.79 Å². The zero-order chi connectivity index (χ0) is 14.0. The van der Waals surface area contributed by atoms with E-state index in [1.165, 1.54) is 12.8 Å². The van der Waals surface area contributed by atoms with Gasteiger partial charge in [0.05, 0.1) is 5.56 Å². The summed E-state index contributed by atoms with van der Waals surface area (Å²) < 4.78 is 0.899. The van der Waals surface area contributed by atoms with Crippen LogP contribution in [0.4, 0.5) is 5.69 Å². The van der Waals surface area contributed by atoms with Crippen LogP contribution in [0.15, 0.2) is 22.7 Å². The molecule has 2 N–H and O–H groups in total. The number of hydrogen-bond acceptors (Lipinski definition) is 2. The molecule has 0 saturated heterocycles. The van der Waals surface area contributed by atoms with Crippen molar-refractivity contribution in [2.24, 2.45) is 5.92 Å². The van der Waals surface area contributed by atoms with E-state index in [2.05, 4.69) is 22.9 Å². The molecule has 1 saturated carbocycles. The third-order valence-electron chi connectivity index (χ3n) is 4.10. The molecule has 1 amide bonds. The molecule has 3 nitrogen and oxygen atoms in total. The van der Waals surface area contributed by atoms with Crippen LogP contribution < -0.4 is 5.73 Å². The highest BCUT2D eigenvalue weighted by molar-refractivity contribution is 9.10. The van der Waals surface area contributed by atoms with Crippen molar-refractivity contribution >= 4 is 27.5 Å². The Bertz CT molecular complexity index is 467. The molecule has 4 heteroatoms. The van der Waals surface area contributed by atoms with Gasteiger partial charge in [0.1, 0.15) is 0 Å². The number of nitrogen functional groups attached to an aromatic ring is 1. The molecule has 0 bridgehead atoms. The largest absolute Gasteiger partial charge is 0.398 e. The molecule has 1 aliphatic carbocycles. The quantitative estimate of drug-likeness (QED) is 0.843. The average Bonchev–Trinajstić information content (AvgIpc) is 2.38. The monoisotopic (exact) mass is 324 g/mol. The van der Waals surface area contributed by atoms with Crippen molar-refractivity contribution in [2.75, 3.05) is 12.8 Å². The van der Waals surface area contributed by atoms with Crippen LogP contribution in [0.1, 0.15) is 43.0 Å². The van der Waals surface area contributed by atoms with Crippen molar-refractivity contribution in [3.05, 3.63) is 28.2 Å². The van der Waals surface area contributed by atoms with Gasteiger partial charge >= 0.3 is 0 Å². The summed E-state index contributed by atoms with van der Waals surface area (Å²) in [6.07, 6.45) is 4.61. The van der Waals surface area contributed by atoms with Gasteiger partial charge in [-0.2, -0.15) is 0 Å². The number of anilines is 1. The molecule has 1 aromatic rings. The predicted octanol–water partition coefficient (Wildman–Crippen LogP) is 3.68. The SMILES string of the molecule is CC1CCC(N(C)C(=O)c2ccc(Br)cc2N)CC1. The molecule has 0 aromatic heterocycles. The molecule has 0 unspecified atom stereocenters. The number of amides is 1. The van der Waals surface area contributed by atoms with Crippen LogP contribution in [0.5, 0.6) is 0 Å². The Labute approximate surface area is 123 Å². The van der Waals surface area contributed by atoms with E-state index in [-0.39, 0.29) is 5.91 Å². The van der Waals surface area contributed by atoms with Crippen LogP contribution in [0.25, 0.3) is 0 Å². The predicted molar refractivity (Wildman–Crippen MR) is 82.1 cm³/mol. The number of nitrogens with zero attached hydrogens (tertiary/aromatic N) is 1. The smallest absolute Gasteiger partial charge is 0.255 e. The summed E-state index contributed by atoms with van der Waals surface area (Å²) in [4.78, 5) is 14.4. The van der Waals surface area contributed by atoms with E-state index in [1.54, 1.807) is 12.1 Å². The maximum absolute atomic E-state index is 12.5. The number of nitrogens with two attached hydrogens (primary N) is 1. The maximum Gasteiger partial charge on any atom is 0.255 e. The van der Waals surface area contributed by atoms with Gasteiger partial charge in [0.2, 0.25) is 0 Å². The summed E-state index contributed by atoms with van der Waals surface area (Å²) in [5, 5.41) is 0. The van der Waals surface area contributed by atoms with E-state index in [1.807, 2.05) is 18.0 Å². The van der Waals surface area contributed by atoms with Crippen molar-refractivity contribution in [1.82, 2.24) is 4.90 Å². The van der Waals surface area contributed by atoms with E-state index in [0.29, 0.717) is 17.3 Å². The van der Waals surface area contributed by atoms with Gasteiger partial charge in [-0.25, -0.2) is 0 Å². The fourth-order valence-electron chi connectivity index (χ4n) is 2.71. The standard InChI is InChI=1S/C15H21BrN2O/c1-10-3-6-12(7-4-10)18(2)15(19)13-8-5-11(16)9-14(13)17/h5,8-10,12H,3-4,6-7,17H2,1-2H3. The first-order valence-electron chi connectivity index (χ1n) is 6.81. The van der Waals surface area contributed by atoms with Crippen molar-refractivity contribution in [3.63, 3.8) is 0 Å². The van der Waals surface area contributed by atoms with Crippen molar-refractivity contribution in [3.8, 4) is 0 Å². The average molecular weight is 325 g/mol. The fraction of sp³-hybridized carbons (Fsp3) is 0.533. The van der Waals surface area contributed by atoms with Gasteiger partial charge in [0.15, 0.2) is 0 Å². The summed E-state index contributed by atoms with van der Waals surface area (Å²) in [7, 11) is 1.89. The number of carbonyl (C=O) groups excluding carboxylic acids is 1. The summed E-state index contributed by atoms with van der Waals surface area (Å²) in [6, 6.07) is 5.79. The van der Waals surface area contributed by atoms with Gasteiger partial charge in [0, 0.05) is 23.2 Å². The summed E-state index contributed by atoms with van der Waals surface area (Å²) in [5.41, 5.74) is 7.07. The molecule has 1 aliphatic rings. The molecule has 0 aliphatic heterocycles. The second-order valence-corrected chi connectivity index (χ2v) is 6.48. The van der Waals surface area contributed by atoms with Gasteiger partial charge in [0.25, 0.3) is 5.91 Å². The Hall–Kier alpha value is -1.03. The van der Waals surface area contributed by atoms with Gasteiger partial charge in [-0.05, 0) is 49.8 Å². The molecule has 2 rings (SSSR count). The summed E-state index contributed by atoms with van der Waals surface area (Å²) in [6.45, 7) is 2.28. The van der Waals surface area contributed by atoms with Crippen molar-refractivity contribution in [1.29, 1.82) is 0 Å². The van der Waals surface area contributed by atoms with E-state index in [4.69, 9.17) is 5.73 Å². The fourth-order valence-corrected chi connectivity index (χ4v) is 3.09. The lowest BCUT2D eigenvalue weighted by Crippen LogP contribution is -2.39. The number of benzene rings is 1. The molecule has 0 heterocycles. The lowest BCUT2D eigenvalue weighted by atomic mass is 9.86. The van der Waals surface area contributed by atoms with Crippen LogP contribution in [-0.4, -0.2) is 23.9 Å². The summed E-state index contributed by atoms with van der Waals surface area (Å²) >= 11 is 3.36. The van der Waals surface area contributed by atoms with E-state index < -0.39 is 0 Å². The Morgan fingerprint density at radius 3 is 2.53 bits per heavy atom. The van der Waals surface area contributed by atoms with Crippen LogP contribution in [0.2, 0.25) is 0 Å². The molecule has 1 aromatic carbocycles. The Morgan fingerprint density at radius 1 is 1.32 bits per heavy atom. The van der Waals surface area contributed by atoms with Gasteiger partial charge in [-0.15, -0.1) is 0 Å². The second-order valence-electron chi connectivity index (χ2n) is 5.56. The molecule has 0 atom stereocenters. The Morgan fingerprint density at radius 2 is 1.95 bits per heavy atom. The number of carbonyl (C=O) groups is 1. The minimum atomic E-state index is 0.0320. The highest BCUT2D eigenvalue weighted by Gasteiger charge is 2.26.